The van der Waals surface area contributed by atoms with Gasteiger partial charge in [-0.05, 0) is 36.5 Å². The molecule has 25 heavy (non-hydrogen) atoms. The highest BCUT2D eigenvalue weighted by atomic mass is 19.1. The SMILES string of the molecule is CC(C)[C@@H](CO)NC(=O)[C@@H]1CCCN1C(=O)OCc1ccc(F)cc1. The molecule has 1 aromatic rings. The average molecular weight is 352 g/mol. The van der Waals surface area contributed by atoms with E-state index in [2.05, 4.69) is 5.32 Å². The van der Waals surface area contributed by atoms with Crippen LogP contribution in [0, 0.1) is 11.7 Å². The predicted molar refractivity (Wildman–Crippen MR) is 90.2 cm³/mol. The van der Waals surface area contributed by atoms with Crippen LogP contribution >= 0.6 is 0 Å². The minimum absolute atomic E-state index is 0.0230. The van der Waals surface area contributed by atoms with Crippen LogP contribution < -0.4 is 5.32 Å². The van der Waals surface area contributed by atoms with Gasteiger partial charge in [0, 0.05) is 6.54 Å². The number of ether oxygens (including phenoxy) is 1. The summed E-state index contributed by atoms with van der Waals surface area (Å²) in [5, 5.41) is 12.1. The Hall–Kier alpha value is -2.15. The first-order chi connectivity index (χ1) is 11.9. The molecule has 1 saturated heterocycles. The van der Waals surface area contributed by atoms with Gasteiger partial charge in [-0.3, -0.25) is 9.69 Å². The fourth-order valence-corrected chi connectivity index (χ4v) is 2.77. The number of nitrogens with one attached hydrogen (secondary N) is 1. The van der Waals surface area contributed by atoms with E-state index >= 15 is 0 Å². The van der Waals surface area contributed by atoms with E-state index in [0.29, 0.717) is 18.5 Å². The molecule has 1 aliphatic heterocycles. The van der Waals surface area contributed by atoms with Gasteiger partial charge in [-0.15, -0.1) is 0 Å². The fourth-order valence-electron chi connectivity index (χ4n) is 2.77. The molecule has 2 amide bonds. The minimum Gasteiger partial charge on any atom is -0.445 e. The lowest BCUT2D eigenvalue weighted by Crippen LogP contribution is -2.51. The number of carbonyl (C=O) groups excluding carboxylic acids is 2. The summed E-state index contributed by atoms with van der Waals surface area (Å²) < 4.78 is 18.1. The second kappa shape index (κ2) is 8.80. The third kappa shape index (κ3) is 5.16. The molecule has 7 heteroatoms. The van der Waals surface area contributed by atoms with Gasteiger partial charge in [0.05, 0.1) is 12.6 Å². The Morgan fingerprint density at radius 2 is 2.04 bits per heavy atom. The molecule has 0 saturated carbocycles. The molecule has 1 aliphatic rings. The molecule has 0 unspecified atom stereocenters. The number of nitrogens with zero attached hydrogens (tertiary/aromatic N) is 1. The van der Waals surface area contributed by atoms with E-state index in [0.717, 1.165) is 6.42 Å². The van der Waals surface area contributed by atoms with Gasteiger partial charge >= 0.3 is 6.09 Å². The van der Waals surface area contributed by atoms with Crippen LogP contribution in [0.25, 0.3) is 0 Å². The summed E-state index contributed by atoms with van der Waals surface area (Å²) in [4.78, 5) is 26.1. The van der Waals surface area contributed by atoms with Gasteiger partial charge < -0.3 is 15.2 Å². The molecule has 0 radical (unpaired) electrons. The van der Waals surface area contributed by atoms with Crippen molar-refractivity contribution in [2.24, 2.45) is 5.92 Å². The molecule has 0 aromatic heterocycles. The molecular weight excluding hydrogens is 327 g/mol. The van der Waals surface area contributed by atoms with Gasteiger partial charge in [-0.1, -0.05) is 26.0 Å². The summed E-state index contributed by atoms with van der Waals surface area (Å²) in [6, 6.07) is 4.77. The van der Waals surface area contributed by atoms with Gasteiger partial charge in [0.25, 0.3) is 0 Å². The van der Waals surface area contributed by atoms with E-state index in [1.807, 2.05) is 13.8 Å². The van der Waals surface area contributed by atoms with Crippen LogP contribution in [0.4, 0.5) is 9.18 Å². The topological polar surface area (TPSA) is 78.9 Å². The normalized spacial score (nSPS) is 18.3. The summed E-state index contributed by atoms with van der Waals surface area (Å²) in [5.41, 5.74) is 0.676. The lowest BCUT2D eigenvalue weighted by Gasteiger charge is -2.26. The molecule has 0 aliphatic carbocycles. The van der Waals surface area contributed by atoms with Gasteiger partial charge in [0.15, 0.2) is 0 Å². The number of hydrogen-bond acceptors (Lipinski definition) is 4. The second-order valence-corrected chi connectivity index (χ2v) is 6.57. The van der Waals surface area contributed by atoms with Crippen LogP contribution in [0.1, 0.15) is 32.3 Å². The summed E-state index contributed by atoms with van der Waals surface area (Å²) in [6.45, 7) is 4.14. The minimum atomic E-state index is -0.589. The Balaban J connectivity index is 1.91. The Bertz CT molecular complexity index is 591. The first-order valence-corrected chi connectivity index (χ1v) is 8.51. The van der Waals surface area contributed by atoms with Crippen LogP contribution in [0.2, 0.25) is 0 Å². The molecule has 138 valence electrons. The van der Waals surface area contributed by atoms with Gasteiger partial charge in [0.2, 0.25) is 5.91 Å². The second-order valence-electron chi connectivity index (χ2n) is 6.57. The first-order valence-electron chi connectivity index (χ1n) is 8.51. The maximum Gasteiger partial charge on any atom is 0.410 e. The van der Waals surface area contributed by atoms with Crippen LogP contribution in [0.5, 0.6) is 0 Å². The molecule has 2 rings (SSSR count). The standard InChI is InChI=1S/C18H25FN2O4/c1-12(2)15(10-22)20-17(23)16-4-3-9-21(16)18(24)25-11-13-5-7-14(19)8-6-13/h5-8,12,15-16,22H,3-4,9-11H2,1-2H3,(H,20,23)/t15-,16+/m1/s1. The summed E-state index contributed by atoms with van der Waals surface area (Å²) >= 11 is 0. The highest BCUT2D eigenvalue weighted by Crippen LogP contribution is 2.19. The number of benzene rings is 1. The van der Waals surface area contributed by atoms with Crippen molar-refractivity contribution in [2.45, 2.75) is 45.4 Å². The summed E-state index contributed by atoms with van der Waals surface area (Å²) in [7, 11) is 0. The molecule has 2 N–H and O–H groups in total. The van der Waals surface area contributed by atoms with Crippen molar-refractivity contribution in [3.05, 3.63) is 35.6 Å². The number of halogens is 1. The Morgan fingerprint density at radius 3 is 2.64 bits per heavy atom. The first kappa shape index (κ1) is 19.2. The molecular formula is C18H25FN2O4. The smallest absolute Gasteiger partial charge is 0.410 e. The number of hydrogen-bond donors (Lipinski definition) is 2. The van der Waals surface area contributed by atoms with Gasteiger partial charge in [0.1, 0.15) is 18.5 Å². The maximum atomic E-state index is 12.9. The van der Waals surface area contributed by atoms with Crippen LogP contribution in [0.15, 0.2) is 24.3 Å². The maximum absolute atomic E-state index is 12.9. The van der Waals surface area contributed by atoms with E-state index < -0.39 is 12.1 Å². The van der Waals surface area contributed by atoms with E-state index in [1.54, 1.807) is 12.1 Å². The van der Waals surface area contributed by atoms with E-state index in [1.165, 1.54) is 17.0 Å². The quantitative estimate of drug-likeness (QED) is 0.821. The highest BCUT2D eigenvalue weighted by Gasteiger charge is 2.36. The largest absolute Gasteiger partial charge is 0.445 e. The Morgan fingerprint density at radius 1 is 1.36 bits per heavy atom. The third-order valence-electron chi connectivity index (χ3n) is 4.39. The Kier molecular flexibility index (Phi) is 6.75. The number of aliphatic hydroxyl groups is 1. The lowest BCUT2D eigenvalue weighted by atomic mass is 10.0. The van der Waals surface area contributed by atoms with E-state index in [9.17, 15) is 19.1 Å². The van der Waals surface area contributed by atoms with E-state index in [4.69, 9.17) is 4.74 Å². The summed E-state index contributed by atoms with van der Waals surface area (Å²) in [5.74, 6) is -0.534. The Labute approximate surface area is 147 Å². The number of aliphatic hydroxyl groups excluding tert-OH is 1. The van der Waals surface area contributed by atoms with Crippen molar-refractivity contribution in [3.63, 3.8) is 0 Å². The monoisotopic (exact) mass is 352 g/mol. The molecule has 0 spiro atoms. The van der Waals surface area contributed by atoms with Crippen molar-refractivity contribution in [1.82, 2.24) is 10.2 Å². The van der Waals surface area contributed by atoms with Gasteiger partial charge in [-0.25, -0.2) is 9.18 Å². The van der Waals surface area contributed by atoms with Crippen molar-refractivity contribution in [3.8, 4) is 0 Å². The van der Waals surface area contributed by atoms with Crippen molar-refractivity contribution in [1.29, 1.82) is 0 Å². The number of carbonyl (C=O) groups is 2. The molecule has 0 bridgehead atoms. The molecule has 2 atom stereocenters. The zero-order valence-corrected chi connectivity index (χ0v) is 14.6. The molecule has 1 heterocycles. The van der Waals surface area contributed by atoms with Crippen molar-refractivity contribution < 1.29 is 23.8 Å². The fraction of sp³-hybridized carbons (Fsp3) is 0.556. The summed E-state index contributed by atoms with van der Waals surface area (Å²) in [6.07, 6.45) is 0.718. The zero-order valence-electron chi connectivity index (χ0n) is 14.6. The van der Waals surface area contributed by atoms with Crippen LogP contribution in [0.3, 0.4) is 0 Å². The number of likely N-dealkylation sites (tertiary alicyclic amines) is 1. The highest BCUT2D eigenvalue weighted by molar-refractivity contribution is 5.86. The molecule has 1 fully saturated rings. The molecule has 6 nitrogen and oxygen atoms in total. The van der Waals surface area contributed by atoms with Crippen LogP contribution in [-0.2, 0) is 16.1 Å². The third-order valence-corrected chi connectivity index (χ3v) is 4.39. The molecule has 1 aromatic carbocycles. The number of rotatable bonds is 6. The van der Waals surface area contributed by atoms with E-state index in [-0.39, 0.29) is 36.9 Å². The number of amides is 2. The zero-order chi connectivity index (χ0) is 18.4. The lowest BCUT2D eigenvalue weighted by molar-refractivity contribution is -0.126. The van der Waals surface area contributed by atoms with Gasteiger partial charge in [-0.2, -0.15) is 0 Å². The van der Waals surface area contributed by atoms with Crippen molar-refractivity contribution >= 4 is 12.0 Å². The predicted octanol–water partition coefficient (Wildman–Crippen LogP) is 2.06. The average Bonchev–Trinajstić information content (AvgIpc) is 3.08. The van der Waals surface area contributed by atoms with Crippen LogP contribution in [-0.4, -0.2) is 47.2 Å². The van der Waals surface area contributed by atoms with Crippen molar-refractivity contribution in [2.75, 3.05) is 13.2 Å².